The predicted molar refractivity (Wildman–Crippen MR) is 68.2 cm³/mol. The topological polar surface area (TPSA) is 75.7 Å². The highest BCUT2D eigenvalue weighted by molar-refractivity contribution is 9.10. The molecule has 0 bridgehead atoms. The van der Waals surface area contributed by atoms with Gasteiger partial charge in [0.25, 0.3) is 0 Å². The summed E-state index contributed by atoms with van der Waals surface area (Å²) in [6, 6.07) is 3.12. The third-order valence-corrected chi connectivity index (χ3v) is 2.74. The van der Waals surface area contributed by atoms with Gasteiger partial charge in [0.05, 0.1) is 11.6 Å². The number of ether oxygens (including phenoxy) is 1. The van der Waals surface area contributed by atoms with E-state index in [-0.39, 0.29) is 30.8 Å². The number of hydrogen-bond acceptors (Lipinski definition) is 4. The number of phenols is 1. The molecule has 0 aliphatic heterocycles. The number of benzene rings is 1. The van der Waals surface area contributed by atoms with Gasteiger partial charge in [0.1, 0.15) is 0 Å². The van der Waals surface area contributed by atoms with Gasteiger partial charge in [0, 0.05) is 12.6 Å². The first-order valence-corrected chi connectivity index (χ1v) is 5.32. The lowest BCUT2D eigenvalue weighted by Crippen LogP contribution is -2.12. The molecule has 4 N–H and O–H groups in total. The fourth-order valence-electron chi connectivity index (χ4n) is 1.27. The molecule has 0 saturated heterocycles. The molecule has 0 aliphatic carbocycles. The number of aromatic hydroxyl groups is 1. The summed E-state index contributed by atoms with van der Waals surface area (Å²) in [5, 5.41) is 18.3. The summed E-state index contributed by atoms with van der Waals surface area (Å²) in [6.45, 7) is 0.0297. The number of hydrogen-bond donors (Lipinski definition) is 3. The maximum atomic E-state index is 9.57. The lowest BCUT2D eigenvalue weighted by molar-refractivity contribution is 0.276. The fraction of sp³-hybridized carbons (Fsp3) is 0.400. The third-order valence-electron chi connectivity index (χ3n) is 2.14. The van der Waals surface area contributed by atoms with E-state index in [0.29, 0.717) is 16.6 Å². The maximum Gasteiger partial charge on any atom is 0.172 e. The zero-order valence-corrected chi connectivity index (χ0v) is 11.2. The molecule has 0 aliphatic rings. The third kappa shape index (κ3) is 3.52. The van der Waals surface area contributed by atoms with Crippen molar-refractivity contribution in [2.24, 2.45) is 5.73 Å². The van der Waals surface area contributed by atoms with Crippen LogP contribution < -0.4 is 10.5 Å². The fourth-order valence-corrected chi connectivity index (χ4v) is 1.73. The Morgan fingerprint density at radius 2 is 2.12 bits per heavy atom. The minimum atomic E-state index is -0.263. The van der Waals surface area contributed by atoms with Crippen LogP contribution in [0.2, 0.25) is 0 Å². The average Bonchev–Trinajstić information content (AvgIpc) is 2.22. The van der Waals surface area contributed by atoms with Gasteiger partial charge in [-0.2, -0.15) is 0 Å². The molecule has 1 aromatic rings. The minimum Gasteiger partial charge on any atom is -0.503 e. The van der Waals surface area contributed by atoms with Crippen molar-refractivity contribution in [3.8, 4) is 11.5 Å². The van der Waals surface area contributed by atoms with Crippen LogP contribution in [0.25, 0.3) is 0 Å². The van der Waals surface area contributed by atoms with Gasteiger partial charge in [-0.3, -0.25) is 0 Å². The highest BCUT2D eigenvalue weighted by atomic mass is 79.9. The second kappa shape index (κ2) is 6.96. The molecule has 0 aromatic heterocycles. The van der Waals surface area contributed by atoms with Crippen LogP contribution in [0.4, 0.5) is 0 Å². The van der Waals surface area contributed by atoms with Crippen LogP contribution in [0.3, 0.4) is 0 Å². The Morgan fingerprint density at radius 3 is 2.62 bits per heavy atom. The summed E-state index contributed by atoms with van der Waals surface area (Å²) in [7, 11) is 1.48. The van der Waals surface area contributed by atoms with Crippen molar-refractivity contribution in [2.75, 3.05) is 13.7 Å². The van der Waals surface area contributed by atoms with Gasteiger partial charge >= 0.3 is 0 Å². The van der Waals surface area contributed by atoms with Crippen LogP contribution in [-0.4, -0.2) is 23.9 Å². The van der Waals surface area contributed by atoms with Crippen molar-refractivity contribution in [3.05, 3.63) is 22.2 Å². The molecule has 0 radical (unpaired) electrons. The molecule has 1 atom stereocenters. The Balaban J connectivity index is 0.00000225. The van der Waals surface area contributed by atoms with E-state index in [1.807, 2.05) is 0 Å². The summed E-state index contributed by atoms with van der Waals surface area (Å²) in [4.78, 5) is 0. The summed E-state index contributed by atoms with van der Waals surface area (Å²) in [5.41, 5.74) is 6.64. The van der Waals surface area contributed by atoms with Crippen LogP contribution in [0.5, 0.6) is 11.5 Å². The van der Waals surface area contributed by atoms with Crippen molar-refractivity contribution < 1.29 is 14.9 Å². The second-order valence-corrected chi connectivity index (χ2v) is 4.03. The van der Waals surface area contributed by atoms with Gasteiger partial charge in [-0.25, -0.2) is 0 Å². The van der Waals surface area contributed by atoms with Crippen LogP contribution in [-0.2, 0) is 0 Å². The number of nitrogens with two attached hydrogens (primary N) is 1. The van der Waals surface area contributed by atoms with Crippen LogP contribution in [0.1, 0.15) is 18.0 Å². The minimum absolute atomic E-state index is 0. The van der Waals surface area contributed by atoms with Crippen molar-refractivity contribution >= 4 is 28.3 Å². The molecule has 4 nitrogen and oxygen atoms in total. The SMILES string of the molecule is COc1cc([C@H](N)CCO)cc(Br)c1O.Cl. The van der Waals surface area contributed by atoms with E-state index in [1.54, 1.807) is 12.1 Å². The van der Waals surface area contributed by atoms with E-state index in [9.17, 15) is 5.11 Å². The first-order valence-electron chi connectivity index (χ1n) is 4.53. The van der Waals surface area contributed by atoms with Gasteiger partial charge in [0.15, 0.2) is 11.5 Å². The van der Waals surface area contributed by atoms with E-state index in [4.69, 9.17) is 15.6 Å². The molecule has 0 amide bonds. The van der Waals surface area contributed by atoms with Crippen molar-refractivity contribution in [1.82, 2.24) is 0 Å². The zero-order valence-electron chi connectivity index (χ0n) is 8.81. The Morgan fingerprint density at radius 1 is 1.50 bits per heavy atom. The summed E-state index contributed by atoms with van der Waals surface area (Å²) < 4.78 is 5.53. The van der Waals surface area contributed by atoms with Crippen molar-refractivity contribution in [2.45, 2.75) is 12.5 Å². The molecular formula is C10H15BrClNO3. The number of halogens is 2. The molecule has 92 valence electrons. The van der Waals surface area contributed by atoms with Crippen molar-refractivity contribution in [3.63, 3.8) is 0 Å². The monoisotopic (exact) mass is 311 g/mol. The molecule has 6 heteroatoms. The van der Waals surface area contributed by atoms with Crippen LogP contribution in [0, 0.1) is 0 Å². The van der Waals surface area contributed by atoms with Gasteiger partial charge in [-0.15, -0.1) is 12.4 Å². The summed E-state index contributed by atoms with van der Waals surface area (Å²) >= 11 is 3.21. The normalized spacial score (nSPS) is 11.8. The van der Waals surface area contributed by atoms with Crippen LogP contribution >= 0.6 is 28.3 Å². The van der Waals surface area contributed by atoms with Crippen LogP contribution in [0.15, 0.2) is 16.6 Å². The largest absolute Gasteiger partial charge is 0.503 e. The van der Waals surface area contributed by atoms with E-state index in [1.165, 1.54) is 7.11 Å². The molecule has 1 aromatic carbocycles. The maximum absolute atomic E-state index is 9.57. The lowest BCUT2D eigenvalue weighted by Gasteiger charge is -2.13. The molecule has 16 heavy (non-hydrogen) atoms. The Labute approximate surface area is 109 Å². The second-order valence-electron chi connectivity index (χ2n) is 3.17. The van der Waals surface area contributed by atoms with E-state index < -0.39 is 0 Å². The molecule has 1 rings (SSSR count). The highest BCUT2D eigenvalue weighted by Gasteiger charge is 2.12. The summed E-state index contributed by atoms with van der Waals surface area (Å²) in [6.07, 6.45) is 0.473. The van der Waals surface area contributed by atoms with E-state index in [0.717, 1.165) is 5.56 Å². The Hall–Kier alpha value is -0.490. The van der Waals surface area contributed by atoms with Gasteiger partial charge in [-0.05, 0) is 40.0 Å². The predicted octanol–water partition coefficient (Wildman–Crippen LogP) is 1.97. The smallest absolute Gasteiger partial charge is 0.172 e. The molecule has 0 fully saturated rings. The number of rotatable bonds is 4. The molecular weight excluding hydrogens is 297 g/mol. The van der Waals surface area contributed by atoms with Gasteiger partial charge in [-0.1, -0.05) is 0 Å². The quantitative estimate of drug-likeness (QED) is 0.794. The average molecular weight is 313 g/mol. The zero-order chi connectivity index (χ0) is 11.4. The standard InChI is InChI=1S/C10H14BrNO3.ClH/c1-15-9-5-6(8(12)2-3-13)4-7(11)10(9)14;/h4-5,8,13-14H,2-3,12H2,1H3;1H/t8-;/m1./s1. The molecule has 0 heterocycles. The number of aliphatic hydroxyl groups excluding tert-OH is 1. The van der Waals surface area contributed by atoms with Gasteiger partial charge in [0.2, 0.25) is 0 Å². The van der Waals surface area contributed by atoms with E-state index in [2.05, 4.69) is 15.9 Å². The molecule has 0 unspecified atom stereocenters. The highest BCUT2D eigenvalue weighted by Crippen LogP contribution is 2.36. The number of methoxy groups -OCH3 is 1. The van der Waals surface area contributed by atoms with E-state index >= 15 is 0 Å². The molecule has 0 spiro atoms. The number of phenolic OH excluding ortho intramolecular Hbond substituents is 1. The number of aliphatic hydroxyl groups is 1. The van der Waals surface area contributed by atoms with Gasteiger partial charge < -0.3 is 20.7 Å². The summed E-state index contributed by atoms with van der Waals surface area (Å²) in [5.74, 6) is 0.421. The first kappa shape index (κ1) is 15.5. The molecule has 0 saturated carbocycles. The lowest BCUT2D eigenvalue weighted by atomic mass is 10.0. The first-order chi connectivity index (χ1) is 7.10. The van der Waals surface area contributed by atoms with Crippen molar-refractivity contribution in [1.29, 1.82) is 0 Å². The Bertz CT molecular complexity index is 349. The Kier molecular flexibility index (Phi) is 6.74.